The summed E-state index contributed by atoms with van der Waals surface area (Å²) in [5, 5.41) is 2.62. The highest BCUT2D eigenvalue weighted by Crippen LogP contribution is 2.05. The third-order valence-electron chi connectivity index (χ3n) is 1.55. The van der Waals surface area contributed by atoms with Crippen molar-refractivity contribution in [1.29, 1.82) is 0 Å². The van der Waals surface area contributed by atoms with E-state index in [9.17, 15) is 9.59 Å². The Kier molecular flexibility index (Phi) is 5.28. The topological polar surface area (TPSA) is 81.4 Å². The van der Waals surface area contributed by atoms with Crippen molar-refractivity contribution in [2.24, 2.45) is 5.73 Å². The van der Waals surface area contributed by atoms with Gasteiger partial charge in [-0.25, -0.2) is 0 Å². The number of carbonyl (C=O) groups is 2. The van der Waals surface area contributed by atoms with Gasteiger partial charge in [-0.05, 0) is 27.7 Å². The van der Waals surface area contributed by atoms with E-state index >= 15 is 0 Å². The van der Waals surface area contributed by atoms with Crippen LogP contribution in [0.3, 0.4) is 0 Å². The SMILES string of the molecule is CC(CC(N)=O)NC(=O)COC(C)(C)C. The first-order valence-corrected chi connectivity index (χ1v) is 4.92. The lowest BCUT2D eigenvalue weighted by Crippen LogP contribution is -2.39. The fourth-order valence-electron chi connectivity index (χ4n) is 0.951. The maximum absolute atomic E-state index is 11.3. The van der Waals surface area contributed by atoms with E-state index in [0.29, 0.717) is 0 Å². The maximum atomic E-state index is 11.3. The first kappa shape index (κ1) is 13.9. The second-order valence-corrected chi connectivity index (χ2v) is 4.54. The number of rotatable bonds is 5. The third kappa shape index (κ3) is 9.21. The van der Waals surface area contributed by atoms with Gasteiger partial charge in [0, 0.05) is 12.5 Å². The summed E-state index contributed by atoms with van der Waals surface area (Å²) in [6.45, 7) is 7.32. The lowest BCUT2D eigenvalue weighted by molar-refractivity contribution is -0.131. The molecule has 0 rings (SSSR count). The highest BCUT2D eigenvalue weighted by Gasteiger charge is 2.14. The lowest BCUT2D eigenvalue weighted by Gasteiger charge is -2.20. The fourth-order valence-corrected chi connectivity index (χ4v) is 0.951. The summed E-state index contributed by atoms with van der Waals surface area (Å²) >= 11 is 0. The smallest absolute Gasteiger partial charge is 0.246 e. The zero-order valence-corrected chi connectivity index (χ0v) is 9.79. The van der Waals surface area contributed by atoms with E-state index in [1.54, 1.807) is 6.92 Å². The van der Waals surface area contributed by atoms with E-state index in [1.165, 1.54) is 0 Å². The zero-order chi connectivity index (χ0) is 12.1. The molecule has 0 saturated carbocycles. The van der Waals surface area contributed by atoms with Gasteiger partial charge in [-0.15, -0.1) is 0 Å². The van der Waals surface area contributed by atoms with E-state index in [0.717, 1.165) is 0 Å². The number of ether oxygens (including phenoxy) is 1. The molecule has 0 bridgehead atoms. The molecule has 0 aliphatic rings. The van der Waals surface area contributed by atoms with Gasteiger partial charge in [0.15, 0.2) is 0 Å². The molecule has 5 nitrogen and oxygen atoms in total. The molecule has 0 fully saturated rings. The van der Waals surface area contributed by atoms with Crippen LogP contribution in [0, 0.1) is 0 Å². The molecule has 0 saturated heterocycles. The van der Waals surface area contributed by atoms with Gasteiger partial charge in [0.25, 0.3) is 0 Å². The van der Waals surface area contributed by atoms with Gasteiger partial charge in [-0.1, -0.05) is 0 Å². The van der Waals surface area contributed by atoms with Gasteiger partial charge in [0.1, 0.15) is 6.61 Å². The number of amides is 2. The number of carbonyl (C=O) groups excluding carboxylic acids is 2. The standard InChI is InChI=1S/C10H20N2O3/c1-7(5-8(11)13)12-9(14)6-15-10(2,3)4/h7H,5-6H2,1-4H3,(H2,11,13)(H,12,14). The Morgan fingerprint density at radius 3 is 2.33 bits per heavy atom. The molecule has 0 aromatic heterocycles. The molecule has 0 spiro atoms. The minimum absolute atomic E-state index is 0.00734. The fraction of sp³-hybridized carbons (Fsp3) is 0.800. The van der Waals surface area contributed by atoms with E-state index in [-0.39, 0.29) is 30.6 Å². The maximum Gasteiger partial charge on any atom is 0.246 e. The molecule has 3 N–H and O–H groups in total. The average Bonchev–Trinajstić information content (AvgIpc) is 1.97. The van der Waals surface area contributed by atoms with Crippen LogP contribution in [-0.2, 0) is 14.3 Å². The molecule has 5 heteroatoms. The van der Waals surface area contributed by atoms with Crippen molar-refractivity contribution < 1.29 is 14.3 Å². The molecular formula is C10H20N2O3. The molecule has 1 atom stereocenters. The van der Waals surface area contributed by atoms with Gasteiger partial charge in [-0.2, -0.15) is 0 Å². The Hall–Kier alpha value is -1.10. The van der Waals surface area contributed by atoms with Crippen LogP contribution in [0.15, 0.2) is 0 Å². The Morgan fingerprint density at radius 1 is 1.40 bits per heavy atom. The van der Waals surface area contributed by atoms with Gasteiger partial charge < -0.3 is 15.8 Å². The number of hydrogen-bond acceptors (Lipinski definition) is 3. The number of primary amides is 1. The zero-order valence-electron chi connectivity index (χ0n) is 9.79. The molecule has 0 aromatic rings. The molecule has 15 heavy (non-hydrogen) atoms. The second kappa shape index (κ2) is 5.70. The van der Waals surface area contributed by atoms with Crippen molar-refractivity contribution in [3.05, 3.63) is 0 Å². The van der Waals surface area contributed by atoms with E-state index in [2.05, 4.69) is 5.32 Å². The Morgan fingerprint density at radius 2 is 1.93 bits per heavy atom. The van der Waals surface area contributed by atoms with E-state index < -0.39 is 5.91 Å². The van der Waals surface area contributed by atoms with Crippen molar-refractivity contribution in [2.75, 3.05) is 6.61 Å². The van der Waals surface area contributed by atoms with Gasteiger partial charge in [0.2, 0.25) is 11.8 Å². The van der Waals surface area contributed by atoms with Crippen LogP contribution >= 0.6 is 0 Å². The highest BCUT2D eigenvalue weighted by atomic mass is 16.5. The summed E-state index contributed by atoms with van der Waals surface area (Å²) in [5.74, 6) is -0.668. The summed E-state index contributed by atoms with van der Waals surface area (Å²) in [4.78, 5) is 21.8. The van der Waals surface area contributed by atoms with Gasteiger partial charge in [-0.3, -0.25) is 9.59 Å². The van der Waals surface area contributed by atoms with Crippen LogP contribution < -0.4 is 11.1 Å². The largest absolute Gasteiger partial charge is 0.370 e. The van der Waals surface area contributed by atoms with Crippen molar-refractivity contribution in [3.63, 3.8) is 0 Å². The minimum Gasteiger partial charge on any atom is -0.370 e. The lowest BCUT2D eigenvalue weighted by atomic mass is 10.2. The van der Waals surface area contributed by atoms with Crippen LogP contribution in [0.25, 0.3) is 0 Å². The number of nitrogens with one attached hydrogen (secondary N) is 1. The summed E-state index contributed by atoms with van der Waals surface area (Å²) < 4.78 is 5.27. The third-order valence-corrected chi connectivity index (χ3v) is 1.55. The molecule has 1 unspecified atom stereocenters. The summed E-state index contributed by atoms with van der Waals surface area (Å²) in [5.41, 5.74) is 4.65. The Bertz CT molecular complexity index is 233. The second-order valence-electron chi connectivity index (χ2n) is 4.54. The van der Waals surface area contributed by atoms with E-state index in [1.807, 2.05) is 20.8 Å². The molecule has 0 aromatic carbocycles. The number of nitrogens with two attached hydrogens (primary N) is 1. The monoisotopic (exact) mass is 216 g/mol. The first-order chi connectivity index (χ1) is 6.70. The van der Waals surface area contributed by atoms with Crippen LogP contribution in [0.5, 0.6) is 0 Å². The summed E-state index contributed by atoms with van der Waals surface area (Å²) in [7, 11) is 0. The van der Waals surface area contributed by atoms with Crippen molar-refractivity contribution in [3.8, 4) is 0 Å². The van der Waals surface area contributed by atoms with Crippen molar-refractivity contribution >= 4 is 11.8 Å². The van der Waals surface area contributed by atoms with Crippen LogP contribution in [-0.4, -0.2) is 30.1 Å². The van der Waals surface area contributed by atoms with Crippen LogP contribution in [0.4, 0.5) is 0 Å². The minimum atomic E-state index is -0.431. The molecular weight excluding hydrogens is 196 g/mol. The van der Waals surface area contributed by atoms with Gasteiger partial charge in [0.05, 0.1) is 5.60 Å². The average molecular weight is 216 g/mol. The normalized spacial score (nSPS) is 13.3. The Labute approximate surface area is 90.4 Å². The van der Waals surface area contributed by atoms with E-state index in [4.69, 9.17) is 10.5 Å². The molecule has 0 aliphatic heterocycles. The summed E-state index contributed by atoms with van der Waals surface area (Å²) in [6.07, 6.45) is 0.140. The predicted octanol–water partition coefficient (Wildman–Crippen LogP) is 0.182. The Balaban J connectivity index is 3.79. The number of hydrogen-bond donors (Lipinski definition) is 2. The molecule has 2 amide bonds. The molecule has 0 heterocycles. The van der Waals surface area contributed by atoms with Crippen LogP contribution in [0.2, 0.25) is 0 Å². The molecule has 88 valence electrons. The highest BCUT2D eigenvalue weighted by molar-refractivity contribution is 5.79. The van der Waals surface area contributed by atoms with Gasteiger partial charge >= 0.3 is 0 Å². The quantitative estimate of drug-likeness (QED) is 0.688. The van der Waals surface area contributed by atoms with Crippen LogP contribution in [0.1, 0.15) is 34.1 Å². The van der Waals surface area contributed by atoms with Crippen molar-refractivity contribution in [2.45, 2.75) is 45.8 Å². The predicted molar refractivity (Wildman–Crippen MR) is 57.1 cm³/mol. The molecule has 0 aliphatic carbocycles. The van der Waals surface area contributed by atoms with Crippen molar-refractivity contribution in [1.82, 2.24) is 5.32 Å². The summed E-state index contributed by atoms with van der Waals surface area (Å²) in [6, 6.07) is -0.251. The molecule has 0 radical (unpaired) electrons. The first-order valence-electron chi connectivity index (χ1n) is 4.92.